The number of unbranched alkanes of at least 4 members (excludes halogenated alkanes) is 13. The van der Waals surface area contributed by atoms with E-state index in [0.717, 1.165) is 19.3 Å². The van der Waals surface area contributed by atoms with Crippen LogP contribution in [0, 0.1) is 5.92 Å². The Morgan fingerprint density at radius 3 is 1.42 bits per heavy atom. The third-order valence-electron chi connectivity index (χ3n) is 5.78. The molecule has 0 aromatic heterocycles. The summed E-state index contributed by atoms with van der Waals surface area (Å²) in [5.41, 5.74) is 5.64. The molecular weight excluding hydrogens is 320 g/mol. The third kappa shape index (κ3) is 13.6. The van der Waals surface area contributed by atoms with Gasteiger partial charge in [0, 0.05) is 6.04 Å². The van der Waals surface area contributed by atoms with Crippen LogP contribution in [-0.4, -0.2) is 30.9 Å². The van der Waals surface area contributed by atoms with Gasteiger partial charge in [-0.3, -0.25) is 4.79 Å². The number of carbonyl (C=O) groups is 1. The van der Waals surface area contributed by atoms with Crippen LogP contribution in [0.2, 0.25) is 0 Å². The molecular formula is C23H48N2O. The number of carbonyl (C=O) groups excluding carboxylic acids is 1. The maximum absolute atomic E-state index is 11.8. The second kappa shape index (κ2) is 17.8. The summed E-state index contributed by atoms with van der Waals surface area (Å²) in [7, 11) is 4.10. The topological polar surface area (TPSA) is 46.3 Å². The minimum absolute atomic E-state index is 0.00678. The number of hydrogen-bond donors (Lipinski definition) is 1. The number of nitrogens with two attached hydrogens (primary N) is 1. The molecule has 3 nitrogen and oxygen atoms in total. The van der Waals surface area contributed by atoms with Crippen LogP contribution < -0.4 is 5.73 Å². The monoisotopic (exact) mass is 368 g/mol. The van der Waals surface area contributed by atoms with E-state index in [4.69, 9.17) is 5.73 Å². The Bertz CT molecular complexity index is 317. The fourth-order valence-electron chi connectivity index (χ4n) is 4.09. The molecule has 0 heterocycles. The van der Waals surface area contributed by atoms with Crippen molar-refractivity contribution in [3.8, 4) is 0 Å². The summed E-state index contributed by atoms with van der Waals surface area (Å²) in [6.07, 6.45) is 21.1. The lowest BCUT2D eigenvalue weighted by molar-refractivity contribution is -0.124. The van der Waals surface area contributed by atoms with Crippen molar-refractivity contribution in [2.45, 2.75) is 123 Å². The molecule has 2 atom stereocenters. The number of primary amides is 1. The first-order valence-electron chi connectivity index (χ1n) is 11.5. The molecule has 26 heavy (non-hydrogen) atoms. The van der Waals surface area contributed by atoms with Crippen molar-refractivity contribution in [3.05, 3.63) is 0 Å². The molecule has 2 unspecified atom stereocenters. The number of hydrogen-bond acceptors (Lipinski definition) is 2. The molecule has 0 aliphatic rings. The Kier molecular flexibility index (Phi) is 17.4. The lowest BCUT2D eigenvalue weighted by atomic mass is 9.90. The van der Waals surface area contributed by atoms with Gasteiger partial charge in [0.05, 0.1) is 5.92 Å². The fraction of sp³-hybridized carbons (Fsp3) is 0.957. The highest BCUT2D eigenvalue weighted by Crippen LogP contribution is 2.20. The lowest BCUT2D eigenvalue weighted by Gasteiger charge is -2.29. The van der Waals surface area contributed by atoms with Gasteiger partial charge in [0.15, 0.2) is 0 Å². The van der Waals surface area contributed by atoms with E-state index in [2.05, 4.69) is 32.8 Å². The van der Waals surface area contributed by atoms with Crippen LogP contribution in [0.25, 0.3) is 0 Å². The first-order valence-corrected chi connectivity index (χ1v) is 11.5. The molecule has 2 N–H and O–H groups in total. The summed E-state index contributed by atoms with van der Waals surface area (Å²) in [5.74, 6) is -0.118. The van der Waals surface area contributed by atoms with Crippen molar-refractivity contribution in [1.82, 2.24) is 4.90 Å². The summed E-state index contributed by atoms with van der Waals surface area (Å²) in [4.78, 5) is 13.9. The quantitative estimate of drug-likeness (QED) is 0.272. The number of nitrogens with zero attached hydrogens (tertiary/aromatic N) is 1. The molecule has 0 saturated heterocycles. The van der Waals surface area contributed by atoms with Gasteiger partial charge in [0.25, 0.3) is 0 Å². The van der Waals surface area contributed by atoms with Gasteiger partial charge in [-0.2, -0.15) is 0 Å². The molecule has 3 heteroatoms. The Labute approximate surface area is 164 Å². The molecule has 0 aliphatic carbocycles. The predicted octanol–water partition coefficient (Wildman–Crippen LogP) is 6.30. The number of amides is 1. The highest BCUT2D eigenvalue weighted by atomic mass is 16.1. The van der Waals surface area contributed by atoms with Gasteiger partial charge in [0.2, 0.25) is 5.91 Å². The van der Waals surface area contributed by atoms with Crippen molar-refractivity contribution < 1.29 is 4.79 Å². The first-order chi connectivity index (χ1) is 12.5. The molecule has 0 fully saturated rings. The van der Waals surface area contributed by atoms with E-state index in [1.807, 2.05) is 0 Å². The van der Waals surface area contributed by atoms with Crippen LogP contribution in [0.3, 0.4) is 0 Å². The van der Waals surface area contributed by atoms with Crippen LogP contribution >= 0.6 is 0 Å². The van der Waals surface area contributed by atoms with Crippen LogP contribution in [0.5, 0.6) is 0 Å². The first kappa shape index (κ1) is 25.4. The van der Waals surface area contributed by atoms with Gasteiger partial charge in [-0.05, 0) is 26.9 Å². The summed E-state index contributed by atoms with van der Waals surface area (Å²) >= 11 is 0. The maximum Gasteiger partial charge on any atom is 0.222 e. The number of rotatable bonds is 19. The smallest absolute Gasteiger partial charge is 0.222 e. The Morgan fingerprint density at radius 1 is 0.731 bits per heavy atom. The summed E-state index contributed by atoms with van der Waals surface area (Å²) in [5, 5.41) is 0. The highest BCUT2D eigenvalue weighted by molar-refractivity contribution is 5.77. The molecule has 0 rings (SSSR count). The van der Waals surface area contributed by atoms with Gasteiger partial charge in [-0.25, -0.2) is 0 Å². The third-order valence-corrected chi connectivity index (χ3v) is 5.78. The van der Waals surface area contributed by atoms with Crippen LogP contribution in [0.1, 0.15) is 117 Å². The van der Waals surface area contributed by atoms with E-state index >= 15 is 0 Å². The zero-order chi connectivity index (χ0) is 19.6. The molecule has 156 valence electrons. The highest BCUT2D eigenvalue weighted by Gasteiger charge is 2.26. The van der Waals surface area contributed by atoms with Crippen molar-refractivity contribution in [2.24, 2.45) is 11.7 Å². The zero-order valence-electron chi connectivity index (χ0n) is 18.4. The van der Waals surface area contributed by atoms with E-state index < -0.39 is 0 Å². The van der Waals surface area contributed by atoms with Gasteiger partial charge in [-0.15, -0.1) is 0 Å². The Balaban J connectivity index is 3.53. The molecule has 0 saturated carbocycles. The summed E-state index contributed by atoms with van der Waals surface area (Å²) < 4.78 is 0. The van der Waals surface area contributed by atoms with Gasteiger partial charge in [-0.1, -0.05) is 104 Å². The summed E-state index contributed by atoms with van der Waals surface area (Å²) in [6.45, 7) is 4.42. The SMILES string of the molecule is CCCCCCCCCCCCCCCCC(C(N)=O)C(CC)N(C)C. The second-order valence-electron chi connectivity index (χ2n) is 8.33. The van der Waals surface area contributed by atoms with Crippen molar-refractivity contribution in [3.63, 3.8) is 0 Å². The Hall–Kier alpha value is -0.570. The normalized spacial score (nSPS) is 13.9. The maximum atomic E-state index is 11.8. The van der Waals surface area contributed by atoms with Gasteiger partial charge in [0.1, 0.15) is 0 Å². The van der Waals surface area contributed by atoms with Crippen molar-refractivity contribution >= 4 is 5.91 Å². The molecule has 0 bridgehead atoms. The fourth-order valence-corrected chi connectivity index (χ4v) is 4.09. The summed E-state index contributed by atoms with van der Waals surface area (Å²) in [6, 6.07) is 0.287. The van der Waals surface area contributed by atoms with E-state index in [-0.39, 0.29) is 17.9 Å². The predicted molar refractivity (Wildman–Crippen MR) is 115 cm³/mol. The van der Waals surface area contributed by atoms with E-state index in [1.54, 1.807) is 0 Å². The molecule has 0 radical (unpaired) electrons. The van der Waals surface area contributed by atoms with Crippen molar-refractivity contribution in [2.75, 3.05) is 14.1 Å². The minimum Gasteiger partial charge on any atom is -0.369 e. The molecule has 0 spiro atoms. The standard InChI is InChI=1S/C23H48N2O/c1-5-7-8-9-10-11-12-13-14-15-16-17-18-19-20-21(23(24)26)22(6-2)25(3)4/h21-22H,5-20H2,1-4H3,(H2,24,26). The van der Waals surface area contributed by atoms with Gasteiger partial charge < -0.3 is 10.6 Å². The van der Waals surface area contributed by atoms with E-state index in [1.165, 1.54) is 83.5 Å². The minimum atomic E-state index is -0.125. The van der Waals surface area contributed by atoms with Crippen LogP contribution in [0.15, 0.2) is 0 Å². The van der Waals surface area contributed by atoms with E-state index in [0.29, 0.717) is 0 Å². The van der Waals surface area contributed by atoms with Crippen LogP contribution in [-0.2, 0) is 4.79 Å². The van der Waals surface area contributed by atoms with E-state index in [9.17, 15) is 4.79 Å². The largest absolute Gasteiger partial charge is 0.369 e. The Morgan fingerprint density at radius 2 is 1.12 bits per heavy atom. The van der Waals surface area contributed by atoms with Crippen LogP contribution in [0.4, 0.5) is 0 Å². The molecule has 0 aromatic carbocycles. The average Bonchev–Trinajstić information content (AvgIpc) is 2.60. The van der Waals surface area contributed by atoms with Gasteiger partial charge >= 0.3 is 0 Å². The van der Waals surface area contributed by atoms with Crippen molar-refractivity contribution in [1.29, 1.82) is 0 Å². The molecule has 0 aromatic rings. The second-order valence-corrected chi connectivity index (χ2v) is 8.33. The molecule has 1 amide bonds. The zero-order valence-corrected chi connectivity index (χ0v) is 18.4. The lowest BCUT2D eigenvalue weighted by Crippen LogP contribution is -2.41. The average molecular weight is 369 g/mol. The molecule has 0 aliphatic heterocycles.